The number of carbonyl (C=O) groups excluding carboxylic acids is 1. The summed E-state index contributed by atoms with van der Waals surface area (Å²) < 4.78 is 11.7. The predicted molar refractivity (Wildman–Crippen MR) is 88.2 cm³/mol. The second-order valence-electron chi connectivity index (χ2n) is 4.49. The van der Waals surface area contributed by atoms with Crippen LogP contribution in [0.1, 0.15) is 22.8 Å². The lowest BCUT2D eigenvalue weighted by molar-refractivity contribution is 0.102. The molecule has 2 aromatic carbocycles. The molecule has 1 atom stereocenters. The van der Waals surface area contributed by atoms with Gasteiger partial charge in [-0.05, 0) is 29.8 Å². The van der Waals surface area contributed by atoms with Crippen LogP contribution in [0.4, 0.5) is 5.69 Å². The van der Waals surface area contributed by atoms with Crippen molar-refractivity contribution in [3.05, 3.63) is 64.7 Å². The fourth-order valence-electron chi connectivity index (χ4n) is 1.88. The maximum atomic E-state index is 12.4. The van der Waals surface area contributed by atoms with Crippen molar-refractivity contribution in [1.82, 2.24) is 0 Å². The van der Waals surface area contributed by atoms with Gasteiger partial charge in [-0.25, -0.2) is 0 Å². The molecule has 1 amide bonds. The molecule has 0 radical (unpaired) electrons. The lowest BCUT2D eigenvalue weighted by Gasteiger charge is -2.10. The van der Waals surface area contributed by atoms with Gasteiger partial charge in [0.1, 0.15) is 0 Å². The fraction of sp³-hybridized carbons (Fsp3) is 0.188. The van der Waals surface area contributed by atoms with Gasteiger partial charge in [0.2, 0.25) is 0 Å². The minimum atomic E-state index is -0.981. The second-order valence-corrected chi connectivity index (χ2v) is 6.68. The van der Waals surface area contributed by atoms with Crippen LogP contribution in [-0.4, -0.2) is 15.9 Å². The molecule has 1 unspecified atom stereocenters. The molecule has 2 rings (SSSR count). The number of nitrogens with one attached hydrogen (secondary N) is 1. The maximum Gasteiger partial charge on any atom is 0.256 e. The van der Waals surface area contributed by atoms with Crippen molar-refractivity contribution < 1.29 is 9.00 Å². The van der Waals surface area contributed by atoms with E-state index in [9.17, 15) is 9.00 Å². The third-order valence-corrected chi connectivity index (χ3v) is 4.50. The Morgan fingerprint density at radius 3 is 2.57 bits per heavy atom. The number of carbonyl (C=O) groups is 1. The number of rotatable bonds is 5. The summed E-state index contributed by atoms with van der Waals surface area (Å²) in [5.41, 5.74) is 1.92. The Labute approximate surface area is 131 Å². The van der Waals surface area contributed by atoms with Gasteiger partial charge in [-0.3, -0.25) is 9.00 Å². The van der Waals surface area contributed by atoms with Crippen LogP contribution >= 0.6 is 11.6 Å². The molecule has 0 fully saturated rings. The molecule has 0 aliphatic carbocycles. The summed E-state index contributed by atoms with van der Waals surface area (Å²) in [6.07, 6.45) is 0. The van der Waals surface area contributed by atoms with Crippen LogP contribution in [0, 0.1) is 0 Å². The summed E-state index contributed by atoms with van der Waals surface area (Å²) in [4.78, 5) is 12.4. The van der Waals surface area contributed by atoms with Gasteiger partial charge in [0, 0.05) is 38.6 Å². The lowest BCUT2D eigenvalue weighted by Crippen LogP contribution is -2.15. The Bertz CT molecular complexity index is 659. The Hall–Kier alpha value is -1.65. The highest BCUT2D eigenvalue weighted by atomic mass is 35.5. The number of hydrogen-bond acceptors (Lipinski definition) is 2. The Morgan fingerprint density at radius 1 is 1.19 bits per heavy atom. The monoisotopic (exact) mass is 321 g/mol. The molecule has 110 valence electrons. The molecule has 0 saturated carbocycles. The van der Waals surface area contributed by atoms with Crippen molar-refractivity contribution in [2.75, 3.05) is 11.1 Å². The van der Waals surface area contributed by atoms with E-state index in [-0.39, 0.29) is 5.91 Å². The quantitative estimate of drug-likeness (QED) is 0.909. The highest BCUT2D eigenvalue weighted by Gasteiger charge is 2.14. The molecule has 0 spiro atoms. The van der Waals surface area contributed by atoms with E-state index in [1.807, 2.05) is 37.3 Å². The van der Waals surface area contributed by atoms with Crippen molar-refractivity contribution >= 4 is 34.0 Å². The molecule has 2 aromatic rings. The lowest BCUT2D eigenvalue weighted by atomic mass is 10.1. The zero-order valence-corrected chi connectivity index (χ0v) is 13.2. The van der Waals surface area contributed by atoms with Crippen LogP contribution in [0.5, 0.6) is 0 Å². The summed E-state index contributed by atoms with van der Waals surface area (Å²) in [7, 11) is -0.981. The molecule has 21 heavy (non-hydrogen) atoms. The van der Waals surface area contributed by atoms with E-state index in [4.69, 9.17) is 11.6 Å². The van der Waals surface area contributed by atoms with E-state index in [0.29, 0.717) is 27.8 Å². The average Bonchev–Trinajstić information content (AvgIpc) is 2.49. The largest absolute Gasteiger partial charge is 0.322 e. The van der Waals surface area contributed by atoms with Gasteiger partial charge < -0.3 is 5.32 Å². The predicted octanol–water partition coefficient (Wildman–Crippen LogP) is 3.86. The Morgan fingerprint density at radius 2 is 1.90 bits per heavy atom. The van der Waals surface area contributed by atoms with E-state index in [1.165, 1.54) is 0 Å². The first kappa shape index (κ1) is 15.7. The van der Waals surface area contributed by atoms with E-state index >= 15 is 0 Å². The topological polar surface area (TPSA) is 46.2 Å². The van der Waals surface area contributed by atoms with Crippen molar-refractivity contribution in [2.45, 2.75) is 12.7 Å². The Balaban J connectivity index is 2.26. The maximum absolute atomic E-state index is 12.4. The van der Waals surface area contributed by atoms with Crippen molar-refractivity contribution in [2.24, 2.45) is 0 Å². The number of para-hydroxylation sites is 1. The molecule has 0 heterocycles. The summed E-state index contributed by atoms with van der Waals surface area (Å²) in [6, 6.07) is 14.3. The van der Waals surface area contributed by atoms with Crippen LogP contribution in [0.2, 0.25) is 5.02 Å². The first-order valence-corrected chi connectivity index (χ1v) is 8.46. The third kappa shape index (κ3) is 4.41. The van der Waals surface area contributed by atoms with Crippen molar-refractivity contribution in [3.8, 4) is 0 Å². The molecule has 1 N–H and O–H groups in total. The molecule has 0 aliphatic heterocycles. The van der Waals surface area contributed by atoms with Crippen LogP contribution in [0.3, 0.4) is 0 Å². The van der Waals surface area contributed by atoms with Gasteiger partial charge in [0.05, 0.1) is 0 Å². The molecule has 0 saturated heterocycles. The first-order chi connectivity index (χ1) is 10.1. The number of benzene rings is 2. The molecule has 3 nitrogen and oxygen atoms in total. The van der Waals surface area contributed by atoms with Gasteiger partial charge in [-0.2, -0.15) is 0 Å². The van der Waals surface area contributed by atoms with Gasteiger partial charge in [-0.15, -0.1) is 0 Å². The first-order valence-electron chi connectivity index (χ1n) is 6.60. The minimum Gasteiger partial charge on any atom is -0.322 e. The SMILES string of the molecule is CCS(=O)Cc1ccc(Cl)cc1C(=O)Nc1ccccc1. The average molecular weight is 322 g/mol. The number of anilines is 1. The number of halogens is 1. The highest BCUT2D eigenvalue weighted by Crippen LogP contribution is 2.19. The van der Waals surface area contributed by atoms with Crippen LogP contribution in [0.25, 0.3) is 0 Å². The normalized spacial score (nSPS) is 11.9. The molecule has 5 heteroatoms. The molecule has 0 bridgehead atoms. The standard InChI is InChI=1S/C16H16ClNO2S/c1-2-21(20)11-12-8-9-13(17)10-15(12)16(19)18-14-6-4-3-5-7-14/h3-10H,2,11H2,1H3,(H,18,19). The zero-order chi connectivity index (χ0) is 15.2. The van der Waals surface area contributed by atoms with E-state index in [1.54, 1.807) is 18.2 Å². The van der Waals surface area contributed by atoms with Crippen LogP contribution < -0.4 is 5.32 Å². The van der Waals surface area contributed by atoms with Gasteiger partial charge >= 0.3 is 0 Å². The summed E-state index contributed by atoms with van der Waals surface area (Å²) in [5.74, 6) is 0.667. The smallest absolute Gasteiger partial charge is 0.256 e. The van der Waals surface area contributed by atoms with Gasteiger partial charge in [-0.1, -0.05) is 42.8 Å². The van der Waals surface area contributed by atoms with Crippen molar-refractivity contribution in [1.29, 1.82) is 0 Å². The molecule has 0 aromatic heterocycles. The second kappa shape index (κ2) is 7.38. The van der Waals surface area contributed by atoms with E-state index < -0.39 is 10.8 Å². The molecule has 0 aliphatic rings. The molecular weight excluding hydrogens is 306 g/mol. The number of hydrogen-bond donors (Lipinski definition) is 1. The van der Waals surface area contributed by atoms with Crippen LogP contribution in [-0.2, 0) is 16.6 Å². The minimum absolute atomic E-state index is 0.244. The van der Waals surface area contributed by atoms with E-state index in [0.717, 1.165) is 5.56 Å². The summed E-state index contributed by atoms with van der Waals surface area (Å²) >= 11 is 5.98. The highest BCUT2D eigenvalue weighted by molar-refractivity contribution is 7.84. The van der Waals surface area contributed by atoms with Gasteiger partial charge in [0.25, 0.3) is 5.91 Å². The zero-order valence-electron chi connectivity index (χ0n) is 11.6. The summed E-state index contributed by atoms with van der Waals surface area (Å²) in [5, 5.41) is 3.31. The van der Waals surface area contributed by atoms with Crippen LogP contribution in [0.15, 0.2) is 48.5 Å². The molecular formula is C16H16ClNO2S. The van der Waals surface area contributed by atoms with Crippen molar-refractivity contribution in [3.63, 3.8) is 0 Å². The Kier molecular flexibility index (Phi) is 5.53. The number of amides is 1. The van der Waals surface area contributed by atoms with E-state index in [2.05, 4.69) is 5.32 Å². The summed E-state index contributed by atoms with van der Waals surface area (Å²) in [6.45, 7) is 1.86. The van der Waals surface area contributed by atoms with Gasteiger partial charge in [0.15, 0.2) is 0 Å². The third-order valence-electron chi connectivity index (χ3n) is 2.99. The fourth-order valence-corrected chi connectivity index (χ4v) is 2.86.